The van der Waals surface area contributed by atoms with Crippen LogP contribution in [0.25, 0.3) is 5.76 Å². The Bertz CT molecular complexity index is 814. The van der Waals surface area contributed by atoms with Gasteiger partial charge in [0.1, 0.15) is 22.2 Å². The molecule has 0 fully saturated rings. The predicted octanol–water partition coefficient (Wildman–Crippen LogP) is 3.20. The summed E-state index contributed by atoms with van der Waals surface area (Å²) >= 11 is 5.80. The van der Waals surface area contributed by atoms with Gasteiger partial charge in [0.2, 0.25) is 0 Å². The molecule has 0 saturated carbocycles. The van der Waals surface area contributed by atoms with Crippen LogP contribution in [0.5, 0.6) is 5.75 Å². The number of aliphatic hydroxyl groups excluding tert-OH is 1. The third-order valence-electron chi connectivity index (χ3n) is 2.95. The molecule has 0 spiro atoms. The highest BCUT2D eigenvalue weighted by atomic mass is 35.5. The van der Waals surface area contributed by atoms with Crippen molar-refractivity contribution >= 4 is 35.5 Å². The first-order valence-corrected chi connectivity index (χ1v) is 7.14. The van der Waals surface area contributed by atoms with Crippen LogP contribution >= 0.6 is 11.6 Å². The van der Waals surface area contributed by atoms with Crippen molar-refractivity contribution in [2.24, 2.45) is 4.99 Å². The molecule has 2 rings (SSSR count). The lowest BCUT2D eigenvalue weighted by Crippen LogP contribution is -2.06. The molecule has 0 aliphatic heterocycles. The number of methoxy groups -OCH3 is 1. The maximum Gasteiger partial charge on any atom is 0.341 e. The van der Waals surface area contributed by atoms with E-state index in [0.29, 0.717) is 11.4 Å². The first-order valence-electron chi connectivity index (χ1n) is 6.77. The van der Waals surface area contributed by atoms with E-state index >= 15 is 0 Å². The van der Waals surface area contributed by atoms with Gasteiger partial charge < -0.3 is 14.9 Å². The van der Waals surface area contributed by atoms with Gasteiger partial charge in [-0.15, -0.1) is 0 Å². The minimum absolute atomic E-state index is 0.00260. The zero-order chi connectivity index (χ0) is 17.7. The number of hydrogen-bond donors (Lipinski definition) is 2. The van der Waals surface area contributed by atoms with Gasteiger partial charge in [0.05, 0.1) is 7.11 Å². The molecule has 1 heterocycles. The second-order valence-corrected chi connectivity index (χ2v) is 5.08. The molecule has 0 aliphatic rings. The molecule has 1 aromatic carbocycles. The second-order valence-electron chi connectivity index (χ2n) is 4.69. The first kappa shape index (κ1) is 17.4. The number of aromatic nitrogens is 2. The molecule has 0 saturated heterocycles. The lowest BCUT2D eigenvalue weighted by molar-refractivity contribution is -0.132. The molecule has 0 amide bonds. The minimum Gasteiger partial charge on any atom is -0.506 e. The Balaban J connectivity index is 2.44. The molecule has 24 heavy (non-hydrogen) atoms. The number of ether oxygens (including phenoxy) is 1. The Kier molecular flexibility index (Phi) is 5.49. The van der Waals surface area contributed by atoms with E-state index in [1.165, 1.54) is 13.2 Å². The van der Waals surface area contributed by atoms with Gasteiger partial charge in [0.15, 0.2) is 0 Å². The summed E-state index contributed by atoms with van der Waals surface area (Å²) in [6.45, 7) is 1.70. The number of aliphatic hydroxyl groups is 1. The van der Waals surface area contributed by atoms with E-state index in [0.717, 1.165) is 6.21 Å². The first-order chi connectivity index (χ1) is 11.4. The summed E-state index contributed by atoms with van der Waals surface area (Å²) < 4.78 is 5.05. The molecule has 0 bridgehead atoms. The Morgan fingerprint density at radius 1 is 1.29 bits per heavy atom. The molecule has 7 nitrogen and oxygen atoms in total. The van der Waals surface area contributed by atoms with Gasteiger partial charge in [-0.1, -0.05) is 23.7 Å². The maximum atomic E-state index is 11.4. The van der Waals surface area contributed by atoms with E-state index in [1.54, 1.807) is 31.2 Å². The summed E-state index contributed by atoms with van der Waals surface area (Å²) in [7, 11) is 1.47. The second kappa shape index (κ2) is 7.56. The lowest BCUT2D eigenvalue weighted by Gasteiger charge is -2.05. The van der Waals surface area contributed by atoms with E-state index in [9.17, 15) is 15.0 Å². The largest absolute Gasteiger partial charge is 0.506 e. The summed E-state index contributed by atoms with van der Waals surface area (Å²) in [5.74, 6) is -1.33. The van der Waals surface area contributed by atoms with Crippen molar-refractivity contribution in [2.45, 2.75) is 6.92 Å². The van der Waals surface area contributed by atoms with Crippen molar-refractivity contribution < 1.29 is 19.7 Å². The molecular formula is C16H14ClN3O4. The number of rotatable bonds is 5. The molecule has 0 aliphatic carbocycles. The van der Waals surface area contributed by atoms with Crippen molar-refractivity contribution in [2.75, 3.05) is 7.11 Å². The Hall–Kier alpha value is -2.93. The predicted molar refractivity (Wildman–Crippen MR) is 90.1 cm³/mol. The molecule has 0 atom stereocenters. The molecule has 8 heteroatoms. The summed E-state index contributed by atoms with van der Waals surface area (Å²) in [6.07, 6.45) is 0.974. The number of carbonyl (C=O) groups is 1. The topological polar surface area (TPSA) is 105 Å². The van der Waals surface area contributed by atoms with Crippen LogP contribution in [0.2, 0.25) is 5.15 Å². The Labute approximate surface area is 142 Å². The van der Waals surface area contributed by atoms with Crippen LogP contribution in [0.15, 0.2) is 40.9 Å². The number of carboxylic acid groups (broad SMARTS) is 1. The minimum atomic E-state index is -1.35. The monoisotopic (exact) mass is 347 g/mol. The third kappa shape index (κ3) is 4.30. The van der Waals surface area contributed by atoms with Crippen LogP contribution in [-0.4, -0.2) is 39.5 Å². The number of nitrogens with zero attached hydrogens (tertiary/aromatic N) is 3. The average molecular weight is 348 g/mol. The smallest absolute Gasteiger partial charge is 0.341 e. The highest BCUT2D eigenvalue weighted by Gasteiger charge is 2.14. The van der Waals surface area contributed by atoms with Crippen LogP contribution in [0.3, 0.4) is 0 Å². The maximum absolute atomic E-state index is 11.4. The molecule has 0 unspecified atom stereocenters. The molecule has 0 radical (unpaired) electrons. The number of aliphatic imine (C=N–C) groups is 1. The summed E-state index contributed by atoms with van der Waals surface area (Å²) in [4.78, 5) is 23.2. The number of carboxylic acids is 1. The fourth-order valence-corrected chi connectivity index (χ4v) is 2.07. The third-order valence-corrected chi connectivity index (χ3v) is 3.14. The highest BCUT2D eigenvalue weighted by Crippen LogP contribution is 2.21. The van der Waals surface area contributed by atoms with Crippen molar-refractivity contribution in [1.82, 2.24) is 9.97 Å². The van der Waals surface area contributed by atoms with Crippen LogP contribution < -0.4 is 4.74 Å². The van der Waals surface area contributed by atoms with Crippen LogP contribution in [0, 0.1) is 6.92 Å². The van der Waals surface area contributed by atoms with Gasteiger partial charge in [-0.25, -0.2) is 14.8 Å². The zero-order valence-electron chi connectivity index (χ0n) is 12.9. The van der Waals surface area contributed by atoms with Crippen LogP contribution in [0.4, 0.5) is 5.95 Å². The normalized spacial score (nSPS) is 12.1. The van der Waals surface area contributed by atoms with E-state index in [-0.39, 0.29) is 16.7 Å². The van der Waals surface area contributed by atoms with Crippen LogP contribution in [0.1, 0.15) is 11.3 Å². The highest BCUT2D eigenvalue weighted by molar-refractivity contribution is 6.29. The average Bonchev–Trinajstić information content (AvgIpc) is 2.53. The molecular weight excluding hydrogens is 334 g/mol. The molecule has 2 aromatic rings. The van der Waals surface area contributed by atoms with Gasteiger partial charge in [-0.2, -0.15) is 4.98 Å². The van der Waals surface area contributed by atoms with Crippen LogP contribution in [-0.2, 0) is 4.79 Å². The fourth-order valence-electron chi connectivity index (χ4n) is 1.84. The standard InChI is InChI=1S/C16H14ClN3O4/c1-9-6-13(17)20-16(19-9)18-8-12(15(22)23)14(21)10-4-3-5-11(7-10)24-2/h3-8,21H,1-2H3,(H,22,23)/b14-12+,18-8+. The van der Waals surface area contributed by atoms with Crippen molar-refractivity contribution in [3.63, 3.8) is 0 Å². The number of benzene rings is 1. The fraction of sp³-hybridized carbons (Fsp3) is 0.125. The summed E-state index contributed by atoms with van der Waals surface area (Å²) in [5, 5.41) is 19.7. The van der Waals surface area contributed by atoms with Gasteiger partial charge in [-0.05, 0) is 25.1 Å². The number of aliphatic carboxylic acids is 1. The number of hydrogen-bond acceptors (Lipinski definition) is 6. The van der Waals surface area contributed by atoms with E-state index in [4.69, 9.17) is 16.3 Å². The van der Waals surface area contributed by atoms with Gasteiger partial charge in [0, 0.05) is 17.5 Å². The SMILES string of the molecule is COc1cccc(/C(O)=C(/C=N/c2nc(C)cc(Cl)n2)C(=O)O)c1. The lowest BCUT2D eigenvalue weighted by atomic mass is 10.1. The Morgan fingerprint density at radius 2 is 2.04 bits per heavy atom. The quantitative estimate of drug-likeness (QED) is 0.372. The molecule has 1 aromatic heterocycles. The number of halogens is 1. The number of aryl methyl sites for hydroxylation is 1. The van der Waals surface area contributed by atoms with Gasteiger partial charge >= 0.3 is 5.97 Å². The van der Waals surface area contributed by atoms with Crippen molar-refractivity contribution in [1.29, 1.82) is 0 Å². The van der Waals surface area contributed by atoms with Gasteiger partial charge in [-0.3, -0.25) is 0 Å². The van der Waals surface area contributed by atoms with E-state index in [2.05, 4.69) is 15.0 Å². The zero-order valence-corrected chi connectivity index (χ0v) is 13.7. The molecule has 2 N–H and O–H groups in total. The van der Waals surface area contributed by atoms with Gasteiger partial charge in [0.25, 0.3) is 5.95 Å². The Morgan fingerprint density at radius 3 is 2.67 bits per heavy atom. The summed E-state index contributed by atoms with van der Waals surface area (Å²) in [6, 6.07) is 7.90. The summed E-state index contributed by atoms with van der Waals surface area (Å²) in [5.41, 5.74) is 0.450. The van der Waals surface area contributed by atoms with Crippen molar-refractivity contribution in [3.05, 3.63) is 52.3 Å². The molecule has 124 valence electrons. The van der Waals surface area contributed by atoms with Crippen molar-refractivity contribution in [3.8, 4) is 5.75 Å². The van der Waals surface area contributed by atoms with E-state index in [1.807, 2.05) is 0 Å². The van der Waals surface area contributed by atoms with E-state index < -0.39 is 17.3 Å².